The van der Waals surface area contributed by atoms with Crippen LogP contribution in [0, 0.1) is 0 Å². The van der Waals surface area contributed by atoms with Crippen LogP contribution in [-0.2, 0) is 9.63 Å². The predicted molar refractivity (Wildman–Crippen MR) is 18.4 cm³/mol. The van der Waals surface area contributed by atoms with E-state index in [-0.39, 0.29) is 12.4 Å². The first kappa shape index (κ1) is 3.33. The Bertz CT molecular complexity index is 97.0. The molecule has 0 amide bonds. The van der Waals surface area contributed by atoms with E-state index < -0.39 is 0 Å². The number of Topliss-reactive ketones (excluding diaryl/α,β-unsaturated/α-hetero) is 1. The van der Waals surface area contributed by atoms with E-state index in [1.807, 2.05) is 0 Å². The lowest BCUT2D eigenvalue weighted by Gasteiger charge is -1.83. The predicted octanol–water partition coefficient (Wildman–Crippen LogP) is -0.552. The summed E-state index contributed by atoms with van der Waals surface area (Å²) in [5.74, 6) is -0.185. The summed E-state index contributed by atoms with van der Waals surface area (Å²) >= 11 is 0. The van der Waals surface area contributed by atoms with Crippen LogP contribution >= 0.6 is 0 Å². The molecule has 0 N–H and O–H groups in total. The second-order valence-corrected chi connectivity index (χ2v) is 0.900. The lowest BCUT2D eigenvalue weighted by Crippen LogP contribution is -1.96. The van der Waals surface area contributed by atoms with Crippen molar-refractivity contribution in [1.82, 2.24) is 0 Å². The Morgan fingerprint density at radius 1 is 2.00 bits per heavy atom. The fraction of sp³-hybridized carbons (Fsp3) is 0.333. The van der Waals surface area contributed by atoms with Gasteiger partial charge in [0.15, 0.2) is 0 Å². The number of rotatable bonds is 0. The maximum Gasteiger partial charge on any atom is 0.142 e. The van der Waals surface area contributed by atoms with Crippen molar-refractivity contribution in [1.29, 1.82) is 0 Å². The first-order chi connectivity index (χ1) is 2.89. The average molecular weight is 84.1 g/mol. The minimum absolute atomic E-state index is 0.0694. The van der Waals surface area contributed by atoms with E-state index in [0.29, 0.717) is 0 Å². The minimum atomic E-state index is -0.185. The SMILES string of the molecule is O=C1[C-]=NOC1. The maximum atomic E-state index is 9.91. The third kappa shape index (κ3) is 0.381. The second kappa shape index (κ2) is 1.08. The molecule has 3 heteroatoms. The van der Waals surface area contributed by atoms with E-state index in [1.165, 1.54) is 0 Å². The fourth-order valence-corrected chi connectivity index (χ4v) is 0.206. The van der Waals surface area contributed by atoms with Crippen LogP contribution < -0.4 is 0 Å². The van der Waals surface area contributed by atoms with Gasteiger partial charge in [0.05, 0.1) is 0 Å². The van der Waals surface area contributed by atoms with E-state index >= 15 is 0 Å². The monoisotopic (exact) mass is 84.0 g/mol. The standard InChI is InChI=1S/C3H2NO2/c5-3-1-4-6-2-3/h2H2/q-1. The molecule has 0 saturated heterocycles. The van der Waals surface area contributed by atoms with Crippen LogP contribution in [0.5, 0.6) is 0 Å². The summed E-state index contributed by atoms with van der Waals surface area (Å²) in [7, 11) is 0. The summed E-state index contributed by atoms with van der Waals surface area (Å²) in [4.78, 5) is 14.1. The Morgan fingerprint density at radius 3 is 3.00 bits per heavy atom. The Kier molecular flexibility index (Phi) is 0.602. The van der Waals surface area contributed by atoms with Gasteiger partial charge in [0, 0.05) is 5.78 Å². The van der Waals surface area contributed by atoms with Crippen LogP contribution in [0.25, 0.3) is 0 Å². The van der Waals surface area contributed by atoms with Crippen molar-refractivity contribution in [2.45, 2.75) is 0 Å². The van der Waals surface area contributed by atoms with Gasteiger partial charge in [-0.1, -0.05) is 0 Å². The largest absolute Gasteiger partial charge is 0.427 e. The van der Waals surface area contributed by atoms with Crippen LogP contribution in [0.2, 0.25) is 0 Å². The van der Waals surface area contributed by atoms with E-state index in [4.69, 9.17) is 0 Å². The summed E-state index contributed by atoms with van der Waals surface area (Å²) in [6, 6.07) is 0. The number of hydrogen-bond acceptors (Lipinski definition) is 3. The van der Waals surface area contributed by atoms with Crippen molar-refractivity contribution < 1.29 is 9.63 Å². The van der Waals surface area contributed by atoms with Gasteiger partial charge in [-0.05, 0) is 0 Å². The molecule has 6 heavy (non-hydrogen) atoms. The third-order valence-corrected chi connectivity index (χ3v) is 0.431. The lowest BCUT2D eigenvalue weighted by atomic mass is 10.5. The van der Waals surface area contributed by atoms with E-state index in [2.05, 4.69) is 16.2 Å². The minimum Gasteiger partial charge on any atom is -0.427 e. The Labute approximate surface area is 34.6 Å². The molecule has 0 bridgehead atoms. The Morgan fingerprint density at radius 2 is 2.83 bits per heavy atom. The van der Waals surface area contributed by atoms with Crippen LogP contribution in [-0.4, -0.2) is 18.6 Å². The Hall–Kier alpha value is -0.860. The molecule has 0 aromatic heterocycles. The molecule has 0 unspecified atom stereocenters. The zero-order valence-corrected chi connectivity index (χ0v) is 2.97. The van der Waals surface area contributed by atoms with Crippen LogP contribution in [0.15, 0.2) is 5.16 Å². The molecular formula is C3H2NO2-. The van der Waals surface area contributed by atoms with Gasteiger partial charge in [0.25, 0.3) is 0 Å². The topological polar surface area (TPSA) is 38.7 Å². The molecule has 0 aromatic rings. The Balaban J connectivity index is 2.59. The first-order valence-electron chi connectivity index (χ1n) is 1.50. The quantitative estimate of drug-likeness (QED) is 0.369. The van der Waals surface area contributed by atoms with Crippen molar-refractivity contribution in [3.05, 3.63) is 0 Å². The molecule has 0 saturated carbocycles. The van der Waals surface area contributed by atoms with Gasteiger partial charge in [-0.15, -0.1) is 0 Å². The number of hydrogen-bond donors (Lipinski definition) is 0. The highest BCUT2D eigenvalue weighted by molar-refractivity contribution is 6.28. The number of nitrogens with zero attached hydrogens (tertiary/aromatic N) is 1. The molecule has 3 nitrogen and oxygen atoms in total. The molecule has 1 aliphatic heterocycles. The molecular weight excluding hydrogens is 82.0 g/mol. The summed E-state index contributed by atoms with van der Waals surface area (Å²) < 4.78 is 0. The van der Waals surface area contributed by atoms with Crippen LogP contribution in [0.4, 0.5) is 0 Å². The van der Waals surface area contributed by atoms with Gasteiger partial charge in [0.1, 0.15) is 6.61 Å². The average Bonchev–Trinajstić information content (AvgIpc) is 1.86. The van der Waals surface area contributed by atoms with Gasteiger partial charge < -0.3 is 14.8 Å². The van der Waals surface area contributed by atoms with Crippen molar-refractivity contribution in [2.24, 2.45) is 5.16 Å². The molecule has 0 aliphatic carbocycles. The highest BCUT2D eigenvalue weighted by Crippen LogP contribution is 1.82. The molecule has 0 fully saturated rings. The maximum absolute atomic E-state index is 9.91. The van der Waals surface area contributed by atoms with Gasteiger partial charge in [-0.2, -0.15) is 0 Å². The zero-order valence-electron chi connectivity index (χ0n) is 2.97. The molecule has 0 radical (unpaired) electrons. The summed E-state index contributed by atoms with van der Waals surface area (Å²) in [5, 5.41) is 3.06. The highest BCUT2D eigenvalue weighted by Gasteiger charge is 1.86. The van der Waals surface area contributed by atoms with Gasteiger partial charge in [-0.3, -0.25) is 6.21 Å². The summed E-state index contributed by atoms with van der Waals surface area (Å²) in [5.41, 5.74) is 0. The van der Waals surface area contributed by atoms with Crippen molar-refractivity contribution in [2.75, 3.05) is 6.61 Å². The highest BCUT2D eigenvalue weighted by atomic mass is 16.6. The normalized spacial score (nSPS) is 18.3. The first-order valence-corrected chi connectivity index (χ1v) is 1.50. The molecule has 0 aromatic carbocycles. The van der Waals surface area contributed by atoms with Crippen LogP contribution in [0.3, 0.4) is 0 Å². The van der Waals surface area contributed by atoms with E-state index in [0.717, 1.165) is 0 Å². The fourth-order valence-electron chi connectivity index (χ4n) is 0.206. The molecule has 0 atom stereocenters. The van der Waals surface area contributed by atoms with Crippen molar-refractivity contribution in [3.63, 3.8) is 0 Å². The van der Waals surface area contributed by atoms with Crippen molar-refractivity contribution >= 4 is 12.0 Å². The number of ketones is 1. The molecule has 32 valence electrons. The van der Waals surface area contributed by atoms with Gasteiger partial charge >= 0.3 is 0 Å². The molecule has 1 rings (SSSR count). The molecule has 1 aliphatic rings. The zero-order chi connectivity index (χ0) is 4.41. The lowest BCUT2D eigenvalue weighted by molar-refractivity contribution is -0.114. The smallest absolute Gasteiger partial charge is 0.142 e. The van der Waals surface area contributed by atoms with E-state index in [9.17, 15) is 4.79 Å². The number of carbonyl (C=O) groups is 1. The molecule has 1 heterocycles. The van der Waals surface area contributed by atoms with Crippen LogP contribution in [0.1, 0.15) is 0 Å². The van der Waals surface area contributed by atoms with Gasteiger partial charge in [-0.25, -0.2) is 0 Å². The van der Waals surface area contributed by atoms with E-state index in [1.54, 1.807) is 0 Å². The number of carbonyl (C=O) groups excluding carboxylic acids is 1. The third-order valence-electron chi connectivity index (χ3n) is 0.431. The van der Waals surface area contributed by atoms with Crippen molar-refractivity contribution in [3.8, 4) is 0 Å². The second-order valence-electron chi connectivity index (χ2n) is 0.900. The summed E-state index contributed by atoms with van der Waals surface area (Å²) in [6.07, 6.45) is 2.08. The summed E-state index contributed by atoms with van der Waals surface area (Å²) in [6.45, 7) is 0.0694. The molecule has 0 spiro atoms. The van der Waals surface area contributed by atoms with Gasteiger partial charge in [0.2, 0.25) is 0 Å².